The highest BCUT2D eigenvalue weighted by Crippen LogP contribution is 2.59. The summed E-state index contributed by atoms with van der Waals surface area (Å²) in [6.45, 7) is 8.57. The number of rotatable bonds is 8. The lowest BCUT2D eigenvalue weighted by molar-refractivity contribution is -0.136. The minimum absolute atomic E-state index is 0.0686. The first-order valence-corrected chi connectivity index (χ1v) is 13.0. The fourth-order valence-corrected chi connectivity index (χ4v) is 6.85. The fraction of sp³-hybridized carbons (Fsp3) is 0.643. The van der Waals surface area contributed by atoms with Crippen LogP contribution in [0, 0.1) is 17.3 Å². The topological polar surface area (TPSA) is 62.3 Å². The van der Waals surface area contributed by atoms with E-state index in [0.717, 1.165) is 36.9 Å². The van der Waals surface area contributed by atoms with Crippen molar-refractivity contribution < 1.29 is 19.1 Å². The molecule has 2 saturated heterocycles. The lowest BCUT2D eigenvalue weighted by atomic mass is 9.49. The summed E-state index contributed by atoms with van der Waals surface area (Å²) in [5.41, 5.74) is 2.12. The molecule has 7 nitrogen and oxygen atoms in total. The van der Waals surface area contributed by atoms with Crippen molar-refractivity contribution >= 4 is 11.9 Å². The molecule has 2 atom stereocenters. The number of benzene rings is 1. The van der Waals surface area contributed by atoms with Gasteiger partial charge >= 0.3 is 6.03 Å². The van der Waals surface area contributed by atoms with Gasteiger partial charge in [0, 0.05) is 33.3 Å². The number of likely N-dealkylation sites (tertiary alicyclic amines) is 1. The van der Waals surface area contributed by atoms with Crippen LogP contribution in [0.5, 0.6) is 5.75 Å². The van der Waals surface area contributed by atoms with Gasteiger partial charge in [0.25, 0.3) is 5.91 Å². The number of allylic oxidation sites excluding steroid dienone is 1. The number of methoxy groups -OCH3 is 2. The van der Waals surface area contributed by atoms with Gasteiger partial charge in [-0.25, -0.2) is 4.79 Å². The van der Waals surface area contributed by atoms with Gasteiger partial charge in [-0.15, -0.1) is 0 Å². The molecule has 35 heavy (non-hydrogen) atoms. The normalized spacial score (nSPS) is 27.3. The first-order chi connectivity index (χ1) is 16.8. The van der Waals surface area contributed by atoms with Gasteiger partial charge in [0.2, 0.25) is 0 Å². The Hall–Kier alpha value is -2.38. The zero-order valence-electron chi connectivity index (χ0n) is 21.6. The molecule has 2 aliphatic heterocycles. The molecule has 6 rings (SSSR count). The van der Waals surface area contributed by atoms with Gasteiger partial charge in [-0.2, -0.15) is 0 Å². The molecule has 3 fully saturated rings. The smallest absolute Gasteiger partial charge is 0.328 e. The van der Waals surface area contributed by atoms with E-state index in [0.29, 0.717) is 37.3 Å². The number of hydrogen-bond donors (Lipinski definition) is 0. The number of ether oxygens (including phenoxy) is 2. The number of piperidine rings is 1. The van der Waals surface area contributed by atoms with Crippen LogP contribution in [0.15, 0.2) is 35.9 Å². The van der Waals surface area contributed by atoms with Crippen molar-refractivity contribution in [3.05, 3.63) is 41.5 Å². The van der Waals surface area contributed by atoms with Gasteiger partial charge < -0.3 is 14.4 Å². The first-order valence-electron chi connectivity index (χ1n) is 13.0. The lowest BCUT2D eigenvalue weighted by Crippen LogP contribution is -2.58. The summed E-state index contributed by atoms with van der Waals surface area (Å²) < 4.78 is 10.6. The molecular weight excluding hydrogens is 442 g/mol. The Balaban J connectivity index is 1.30. The van der Waals surface area contributed by atoms with Crippen molar-refractivity contribution in [2.75, 3.05) is 47.0 Å². The summed E-state index contributed by atoms with van der Waals surface area (Å²) in [7, 11) is 3.25. The maximum absolute atomic E-state index is 13.8. The molecule has 0 unspecified atom stereocenters. The number of carbonyl (C=O) groups excluding carboxylic acids is 2. The molecule has 190 valence electrons. The summed E-state index contributed by atoms with van der Waals surface area (Å²) in [6, 6.07) is 7.37. The number of hydrogen-bond acceptors (Lipinski definition) is 5. The highest BCUT2D eigenvalue weighted by Gasteiger charge is 2.58. The van der Waals surface area contributed by atoms with Crippen LogP contribution in [0.2, 0.25) is 0 Å². The van der Waals surface area contributed by atoms with E-state index in [-0.39, 0.29) is 18.5 Å². The lowest BCUT2D eigenvalue weighted by Gasteiger charge is -2.57. The monoisotopic (exact) mass is 481 g/mol. The highest BCUT2D eigenvalue weighted by atomic mass is 16.5. The molecule has 1 spiro atoms. The molecule has 3 amide bonds. The fourth-order valence-electron chi connectivity index (χ4n) is 6.85. The quantitative estimate of drug-likeness (QED) is 0.416. The maximum atomic E-state index is 13.8. The van der Waals surface area contributed by atoms with Crippen LogP contribution in [0.25, 0.3) is 0 Å². The largest absolute Gasteiger partial charge is 0.497 e. The van der Waals surface area contributed by atoms with E-state index < -0.39 is 5.54 Å². The van der Waals surface area contributed by atoms with Crippen molar-refractivity contribution in [1.29, 1.82) is 0 Å². The van der Waals surface area contributed by atoms with Crippen LogP contribution in [0.4, 0.5) is 4.79 Å². The average molecular weight is 482 g/mol. The van der Waals surface area contributed by atoms with E-state index >= 15 is 0 Å². The predicted octanol–water partition coefficient (Wildman–Crippen LogP) is 3.93. The van der Waals surface area contributed by atoms with Gasteiger partial charge in [0.1, 0.15) is 11.3 Å². The second kappa shape index (κ2) is 9.25. The highest BCUT2D eigenvalue weighted by molar-refractivity contribution is 6.07. The van der Waals surface area contributed by atoms with E-state index in [1.165, 1.54) is 17.7 Å². The molecule has 0 radical (unpaired) electrons. The van der Waals surface area contributed by atoms with Gasteiger partial charge in [-0.1, -0.05) is 37.6 Å². The number of amides is 3. The number of imide groups is 1. The summed E-state index contributed by atoms with van der Waals surface area (Å²) in [5.74, 6) is 2.19. The summed E-state index contributed by atoms with van der Waals surface area (Å²) in [4.78, 5) is 33.0. The molecule has 0 aromatic heterocycles. The molecule has 1 saturated carbocycles. The third-order valence-corrected chi connectivity index (χ3v) is 9.29. The molecule has 5 aliphatic rings. The van der Waals surface area contributed by atoms with Crippen LogP contribution in [-0.2, 0) is 16.1 Å². The van der Waals surface area contributed by atoms with E-state index in [2.05, 4.69) is 24.8 Å². The Labute approximate surface area is 209 Å². The van der Waals surface area contributed by atoms with Crippen molar-refractivity contribution in [3.63, 3.8) is 0 Å². The molecule has 1 aromatic rings. The molecule has 2 heterocycles. The Bertz CT molecular complexity index is 1010. The first kappa shape index (κ1) is 24.3. The van der Waals surface area contributed by atoms with Crippen LogP contribution < -0.4 is 4.74 Å². The molecule has 2 bridgehead atoms. The predicted molar refractivity (Wildman–Crippen MR) is 134 cm³/mol. The number of fused-ring (bicyclic) bond motifs is 1. The minimum atomic E-state index is -0.771. The Morgan fingerprint density at radius 2 is 1.86 bits per heavy atom. The van der Waals surface area contributed by atoms with E-state index in [4.69, 9.17) is 9.47 Å². The van der Waals surface area contributed by atoms with E-state index in [9.17, 15) is 9.59 Å². The number of carbonyl (C=O) groups is 2. The van der Waals surface area contributed by atoms with Crippen molar-refractivity contribution in [2.24, 2.45) is 17.3 Å². The molecule has 3 aliphatic carbocycles. The van der Waals surface area contributed by atoms with Crippen molar-refractivity contribution in [2.45, 2.75) is 51.6 Å². The zero-order chi connectivity index (χ0) is 24.8. The van der Waals surface area contributed by atoms with Crippen molar-refractivity contribution in [3.8, 4) is 5.75 Å². The Morgan fingerprint density at radius 1 is 1.09 bits per heavy atom. The SMILES string of the molecule is COCCN1C(=O)N(Cc2cccc(OC)c2)C(=O)C12CCN(CC1=CC[C@H]3C[C@@H]1C3(C)C)CC2. The Morgan fingerprint density at radius 3 is 2.51 bits per heavy atom. The average Bonchev–Trinajstić information content (AvgIpc) is 3.05. The second-order valence-corrected chi connectivity index (χ2v) is 11.3. The molecule has 7 heteroatoms. The van der Waals surface area contributed by atoms with Crippen LogP contribution in [0.3, 0.4) is 0 Å². The summed E-state index contributed by atoms with van der Waals surface area (Å²) in [5, 5.41) is 0. The van der Waals surface area contributed by atoms with Crippen LogP contribution >= 0.6 is 0 Å². The van der Waals surface area contributed by atoms with Crippen LogP contribution in [-0.4, -0.2) is 79.2 Å². The Kier molecular flexibility index (Phi) is 6.43. The second-order valence-electron chi connectivity index (χ2n) is 11.3. The molecule has 0 N–H and O–H groups in total. The molecular formula is C28H39N3O4. The van der Waals surface area contributed by atoms with Gasteiger partial charge in [-0.3, -0.25) is 14.6 Å². The third-order valence-electron chi connectivity index (χ3n) is 9.29. The zero-order valence-corrected chi connectivity index (χ0v) is 21.6. The van der Waals surface area contributed by atoms with Gasteiger partial charge in [0.05, 0.1) is 20.3 Å². The third kappa shape index (κ3) is 4.06. The number of urea groups is 1. The van der Waals surface area contributed by atoms with Gasteiger partial charge in [-0.05, 0) is 60.6 Å². The minimum Gasteiger partial charge on any atom is -0.497 e. The van der Waals surface area contributed by atoms with Crippen LogP contribution in [0.1, 0.15) is 45.1 Å². The number of nitrogens with zero attached hydrogens (tertiary/aromatic N) is 3. The molecule has 1 aromatic carbocycles. The maximum Gasteiger partial charge on any atom is 0.328 e. The standard InChI is InChI=1S/C28H39N3O4/c1-27(2)22-9-8-21(24(27)17-22)19-29-12-10-28(11-13-29)25(32)30(26(33)31(28)14-15-34-3)18-20-6-5-7-23(16-20)35-4/h5-8,16,22,24H,9-15,17-19H2,1-4H3/t22-,24-/m0/s1. The van der Waals surface area contributed by atoms with Gasteiger partial charge in [0.15, 0.2) is 0 Å². The summed E-state index contributed by atoms with van der Waals surface area (Å²) >= 11 is 0. The van der Waals surface area contributed by atoms with E-state index in [1.807, 2.05) is 24.3 Å². The van der Waals surface area contributed by atoms with Crippen molar-refractivity contribution in [1.82, 2.24) is 14.7 Å². The summed E-state index contributed by atoms with van der Waals surface area (Å²) in [6.07, 6.45) is 6.33. The van der Waals surface area contributed by atoms with E-state index in [1.54, 1.807) is 24.7 Å².